The van der Waals surface area contributed by atoms with Crippen molar-refractivity contribution in [1.29, 1.82) is 0 Å². The molecule has 0 saturated heterocycles. The number of hydrogen-bond acceptors (Lipinski definition) is 3. The first-order valence-electron chi connectivity index (χ1n) is 10.5. The Morgan fingerprint density at radius 1 is 0.967 bits per heavy atom. The van der Waals surface area contributed by atoms with E-state index in [1.165, 1.54) is 6.42 Å². The average molecular weight is 428 g/mol. The number of aryl methyl sites for hydroxylation is 1. The molecule has 160 valence electrons. The van der Waals surface area contributed by atoms with E-state index in [0.29, 0.717) is 28.7 Å². The summed E-state index contributed by atoms with van der Waals surface area (Å²) >= 11 is 0. The predicted octanol–water partition coefficient (Wildman–Crippen LogP) is 4.30. The number of halogens is 1. The van der Waals surface area contributed by atoms with Crippen LogP contribution in [0.4, 0.5) is 5.69 Å². The molecule has 2 aromatic carbocycles. The van der Waals surface area contributed by atoms with Crippen molar-refractivity contribution >= 4 is 29.9 Å². The van der Waals surface area contributed by atoms with Crippen LogP contribution in [0.25, 0.3) is 0 Å². The number of nitrogens with one attached hydrogen (secondary N) is 2. The third-order valence-corrected chi connectivity index (χ3v) is 6.37. The lowest BCUT2D eigenvalue weighted by molar-refractivity contribution is 0.0757. The second kappa shape index (κ2) is 9.63. The van der Waals surface area contributed by atoms with Crippen LogP contribution in [-0.4, -0.2) is 23.9 Å². The second-order valence-corrected chi connectivity index (χ2v) is 8.55. The van der Waals surface area contributed by atoms with E-state index in [2.05, 4.69) is 10.6 Å². The molecule has 0 radical (unpaired) electrons. The summed E-state index contributed by atoms with van der Waals surface area (Å²) in [6.07, 6.45) is 5.43. The molecule has 2 saturated carbocycles. The maximum atomic E-state index is 13.1. The van der Waals surface area contributed by atoms with Crippen LogP contribution in [0.1, 0.15) is 58.4 Å². The molecular weight excluding hydrogens is 398 g/mol. The molecule has 2 aromatic rings. The molecule has 2 aliphatic carbocycles. The van der Waals surface area contributed by atoms with Gasteiger partial charge in [0.05, 0.1) is 11.3 Å². The van der Waals surface area contributed by atoms with Crippen molar-refractivity contribution in [3.8, 4) is 0 Å². The summed E-state index contributed by atoms with van der Waals surface area (Å²) in [4.78, 5) is 25.8. The predicted molar refractivity (Wildman–Crippen MR) is 122 cm³/mol. The first kappa shape index (κ1) is 22.3. The topological polar surface area (TPSA) is 84.2 Å². The summed E-state index contributed by atoms with van der Waals surface area (Å²) in [5.41, 5.74) is 8.85. The molecule has 2 bridgehead atoms. The van der Waals surface area contributed by atoms with Crippen LogP contribution in [0.3, 0.4) is 0 Å². The maximum Gasteiger partial charge on any atom is 0.255 e. The van der Waals surface area contributed by atoms with Crippen LogP contribution in [0.2, 0.25) is 0 Å². The highest BCUT2D eigenvalue weighted by Gasteiger charge is 2.40. The summed E-state index contributed by atoms with van der Waals surface area (Å²) in [6, 6.07) is 15.1. The summed E-state index contributed by atoms with van der Waals surface area (Å²) in [7, 11) is 0. The van der Waals surface area contributed by atoms with Crippen LogP contribution in [-0.2, 0) is 0 Å². The Kier molecular flexibility index (Phi) is 7.16. The van der Waals surface area contributed by atoms with E-state index >= 15 is 0 Å². The van der Waals surface area contributed by atoms with Gasteiger partial charge in [-0.2, -0.15) is 0 Å². The highest BCUT2D eigenvalue weighted by atomic mass is 35.5. The van der Waals surface area contributed by atoms with Gasteiger partial charge in [-0.25, -0.2) is 0 Å². The van der Waals surface area contributed by atoms with Crippen molar-refractivity contribution in [2.75, 3.05) is 5.32 Å². The lowest BCUT2D eigenvalue weighted by Gasteiger charge is -2.45. The molecule has 4 rings (SSSR count). The van der Waals surface area contributed by atoms with Crippen molar-refractivity contribution in [3.05, 3.63) is 65.2 Å². The van der Waals surface area contributed by atoms with Crippen LogP contribution in [0.15, 0.2) is 48.5 Å². The molecule has 0 aliphatic heterocycles. The summed E-state index contributed by atoms with van der Waals surface area (Å²) in [5, 5.41) is 6.18. The largest absolute Gasteiger partial charge is 0.349 e. The number of anilines is 1. The lowest BCUT2D eigenvalue weighted by Crippen LogP contribution is -2.53. The van der Waals surface area contributed by atoms with E-state index in [4.69, 9.17) is 5.73 Å². The first-order valence-corrected chi connectivity index (χ1v) is 10.5. The normalized spacial score (nSPS) is 25.0. The Morgan fingerprint density at radius 3 is 2.37 bits per heavy atom. The summed E-state index contributed by atoms with van der Waals surface area (Å²) < 4.78 is 0. The van der Waals surface area contributed by atoms with Gasteiger partial charge in [-0.15, -0.1) is 12.4 Å². The zero-order valence-corrected chi connectivity index (χ0v) is 18.1. The van der Waals surface area contributed by atoms with Gasteiger partial charge in [-0.1, -0.05) is 36.2 Å². The molecular formula is C24H30ClN3O2. The van der Waals surface area contributed by atoms with E-state index in [1.54, 1.807) is 18.2 Å². The monoisotopic (exact) mass is 427 g/mol. The number of amides is 2. The van der Waals surface area contributed by atoms with E-state index < -0.39 is 0 Å². The molecule has 2 amide bonds. The molecule has 2 aliphatic rings. The molecule has 0 aromatic heterocycles. The van der Waals surface area contributed by atoms with Gasteiger partial charge in [0.25, 0.3) is 11.8 Å². The number of carbonyl (C=O) groups excluding carboxylic acids is 2. The fourth-order valence-corrected chi connectivity index (χ4v) is 5.02. The zero-order chi connectivity index (χ0) is 20.4. The summed E-state index contributed by atoms with van der Waals surface area (Å²) in [6.45, 7) is 1.95. The highest BCUT2D eigenvalue weighted by Crippen LogP contribution is 2.39. The molecule has 4 N–H and O–H groups in total. The number of rotatable bonds is 4. The van der Waals surface area contributed by atoms with Gasteiger partial charge >= 0.3 is 0 Å². The zero-order valence-electron chi connectivity index (χ0n) is 17.3. The van der Waals surface area contributed by atoms with Gasteiger partial charge < -0.3 is 16.4 Å². The molecule has 2 unspecified atom stereocenters. The third kappa shape index (κ3) is 4.85. The van der Waals surface area contributed by atoms with Crippen LogP contribution in [0.5, 0.6) is 0 Å². The first-order chi connectivity index (χ1) is 14.0. The standard InChI is InChI=1S/C24H29N3O2.ClH/c1-15-6-4-9-18(12-15)23(28)26-21-11-3-2-10-20(21)24(29)27-22-16-7-5-8-17(22)14-19(25)13-16;/h2-4,6,9-12,16-17,19,22H,5,7-8,13-14,25H2,1H3,(H,26,28)(H,27,29);1H. The summed E-state index contributed by atoms with van der Waals surface area (Å²) in [5.74, 6) is 0.572. The Balaban J connectivity index is 0.00000256. The van der Waals surface area contributed by atoms with Gasteiger partial charge in [0.2, 0.25) is 0 Å². The highest BCUT2D eigenvalue weighted by molar-refractivity contribution is 6.09. The van der Waals surface area contributed by atoms with Crippen molar-refractivity contribution in [2.45, 2.75) is 51.1 Å². The van der Waals surface area contributed by atoms with Gasteiger partial charge in [-0.05, 0) is 68.7 Å². The van der Waals surface area contributed by atoms with Crippen molar-refractivity contribution in [3.63, 3.8) is 0 Å². The minimum atomic E-state index is -0.213. The fraction of sp³-hybridized carbons (Fsp3) is 0.417. The van der Waals surface area contributed by atoms with Crippen LogP contribution >= 0.6 is 12.4 Å². The Hall–Kier alpha value is -2.37. The van der Waals surface area contributed by atoms with Gasteiger partial charge in [0, 0.05) is 17.6 Å². The minimum absolute atomic E-state index is 0. The molecule has 5 nitrogen and oxygen atoms in total. The number of para-hydroxylation sites is 1. The molecule has 6 heteroatoms. The van der Waals surface area contributed by atoms with Crippen molar-refractivity contribution < 1.29 is 9.59 Å². The number of benzene rings is 2. The number of hydrogen-bond donors (Lipinski definition) is 3. The van der Waals surface area contributed by atoms with E-state index in [0.717, 1.165) is 31.2 Å². The van der Waals surface area contributed by atoms with E-state index in [-0.39, 0.29) is 36.3 Å². The smallest absolute Gasteiger partial charge is 0.255 e. The minimum Gasteiger partial charge on any atom is -0.349 e. The number of fused-ring (bicyclic) bond motifs is 2. The van der Waals surface area contributed by atoms with Crippen LogP contribution in [0, 0.1) is 18.8 Å². The fourth-order valence-electron chi connectivity index (χ4n) is 5.02. The molecule has 0 spiro atoms. The Bertz CT molecular complexity index is 903. The molecule has 0 heterocycles. The Morgan fingerprint density at radius 2 is 1.67 bits per heavy atom. The average Bonchev–Trinajstić information content (AvgIpc) is 2.69. The lowest BCUT2D eigenvalue weighted by atomic mass is 9.67. The second-order valence-electron chi connectivity index (χ2n) is 8.55. The number of nitrogens with two attached hydrogens (primary N) is 1. The SMILES string of the molecule is Cc1cccc(C(=O)Nc2ccccc2C(=O)NC2C3CCCC2CC(N)C3)c1.Cl. The van der Waals surface area contributed by atoms with Crippen LogP contribution < -0.4 is 16.4 Å². The Labute approximate surface area is 184 Å². The third-order valence-electron chi connectivity index (χ3n) is 6.37. The maximum absolute atomic E-state index is 13.1. The van der Waals surface area contributed by atoms with E-state index in [1.807, 2.05) is 37.3 Å². The van der Waals surface area contributed by atoms with Gasteiger partial charge in [-0.3, -0.25) is 9.59 Å². The number of carbonyl (C=O) groups is 2. The molecule has 30 heavy (non-hydrogen) atoms. The molecule has 2 atom stereocenters. The van der Waals surface area contributed by atoms with Crippen molar-refractivity contribution in [2.24, 2.45) is 17.6 Å². The van der Waals surface area contributed by atoms with E-state index in [9.17, 15) is 9.59 Å². The van der Waals surface area contributed by atoms with Gasteiger partial charge in [0.1, 0.15) is 0 Å². The van der Waals surface area contributed by atoms with Gasteiger partial charge in [0.15, 0.2) is 0 Å². The molecule has 2 fully saturated rings. The van der Waals surface area contributed by atoms with Crippen molar-refractivity contribution in [1.82, 2.24) is 5.32 Å². The quantitative estimate of drug-likeness (QED) is 0.679.